The van der Waals surface area contributed by atoms with E-state index in [1.807, 2.05) is 0 Å². The molecule has 134 valence electrons. The molecule has 2 aromatic rings. The molecule has 1 unspecified atom stereocenters. The summed E-state index contributed by atoms with van der Waals surface area (Å²) in [4.78, 5) is 35.7. The molecule has 0 radical (unpaired) electrons. The number of Topliss-reactive ketones (excluding diaryl/α,β-unsaturated/α-hetero) is 1. The van der Waals surface area contributed by atoms with Gasteiger partial charge in [-0.3, -0.25) is 14.9 Å². The number of allylic oxidation sites excluding steroid dienone is 2. The van der Waals surface area contributed by atoms with E-state index in [-0.39, 0.29) is 22.1 Å². The molecule has 0 amide bonds. The second kappa shape index (κ2) is 5.84. The van der Waals surface area contributed by atoms with Crippen LogP contribution in [0, 0.1) is 10.1 Å². The van der Waals surface area contributed by atoms with Crippen LogP contribution in [0.2, 0.25) is 5.02 Å². The fraction of sp³-hybridized carbons (Fsp3) is 0.294. The summed E-state index contributed by atoms with van der Waals surface area (Å²) >= 11 is 5.91. The third-order valence-corrected chi connectivity index (χ3v) is 5.13. The SMILES string of the molecule is Cn1oc(=O)c2c1NC1=C(C(=O)CCC1)C2c1ccc(Cl)c([N+](=O)[O-])c1. The third kappa shape index (κ3) is 2.37. The van der Waals surface area contributed by atoms with Gasteiger partial charge in [0.25, 0.3) is 5.69 Å². The molecule has 8 nitrogen and oxygen atoms in total. The van der Waals surface area contributed by atoms with Crippen molar-refractivity contribution in [1.82, 2.24) is 4.74 Å². The minimum atomic E-state index is -0.720. The Morgan fingerprint density at radius 2 is 2.12 bits per heavy atom. The highest BCUT2D eigenvalue weighted by Gasteiger charge is 2.40. The van der Waals surface area contributed by atoms with Crippen LogP contribution in [0.25, 0.3) is 0 Å². The van der Waals surface area contributed by atoms with Gasteiger partial charge in [0.05, 0.1) is 16.4 Å². The first-order valence-electron chi connectivity index (χ1n) is 8.05. The van der Waals surface area contributed by atoms with Gasteiger partial charge in [-0.2, -0.15) is 4.74 Å². The Morgan fingerprint density at radius 3 is 2.85 bits per heavy atom. The molecule has 4 rings (SSSR count). The Kier molecular flexibility index (Phi) is 3.73. The van der Waals surface area contributed by atoms with Crippen LogP contribution in [-0.2, 0) is 11.8 Å². The van der Waals surface area contributed by atoms with E-state index >= 15 is 0 Å². The number of nitro benzene ring substituents is 1. The molecule has 0 saturated carbocycles. The number of nitrogens with zero attached hydrogens (tertiary/aromatic N) is 2. The first-order valence-corrected chi connectivity index (χ1v) is 8.43. The maximum atomic E-state index is 12.6. The van der Waals surface area contributed by atoms with Crippen molar-refractivity contribution in [2.75, 3.05) is 5.32 Å². The lowest BCUT2D eigenvalue weighted by Gasteiger charge is -2.31. The minimum Gasteiger partial charge on any atom is -0.342 e. The molecular formula is C17H14ClN3O5. The summed E-state index contributed by atoms with van der Waals surface area (Å²) in [5.74, 6) is -0.330. The van der Waals surface area contributed by atoms with E-state index in [0.717, 1.165) is 5.70 Å². The molecule has 1 aromatic heterocycles. The van der Waals surface area contributed by atoms with Gasteiger partial charge in [-0.15, -0.1) is 0 Å². The molecule has 1 N–H and O–H groups in total. The molecular weight excluding hydrogens is 362 g/mol. The number of carbonyl (C=O) groups is 1. The number of halogens is 1. The first kappa shape index (κ1) is 16.6. The Hall–Kier alpha value is -2.87. The summed E-state index contributed by atoms with van der Waals surface area (Å²) in [6.45, 7) is 0. The van der Waals surface area contributed by atoms with Crippen molar-refractivity contribution in [2.45, 2.75) is 25.2 Å². The van der Waals surface area contributed by atoms with Crippen molar-refractivity contribution in [1.29, 1.82) is 0 Å². The maximum absolute atomic E-state index is 12.6. The number of anilines is 1. The third-order valence-electron chi connectivity index (χ3n) is 4.81. The largest absolute Gasteiger partial charge is 0.363 e. The number of hydrogen-bond acceptors (Lipinski definition) is 6. The zero-order valence-corrected chi connectivity index (χ0v) is 14.5. The molecule has 0 saturated heterocycles. The summed E-state index contributed by atoms with van der Waals surface area (Å²) in [6.07, 6.45) is 1.74. The van der Waals surface area contributed by atoms with Crippen LogP contribution < -0.4 is 10.9 Å². The second-order valence-electron chi connectivity index (χ2n) is 6.33. The zero-order valence-electron chi connectivity index (χ0n) is 13.7. The highest BCUT2D eigenvalue weighted by molar-refractivity contribution is 6.32. The van der Waals surface area contributed by atoms with E-state index in [9.17, 15) is 19.7 Å². The molecule has 1 atom stereocenters. The smallest absolute Gasteiger partial charge is 0.342 e. The van der Waals surface area contributed by atoms with Crippen molar-refractivity contribution in [3.8, 4) is 0 Å². The Bertz CT molecular complexity index is 1050. The Morgan fingerprint density at radius 1 is 1.35 bits per heavy atom. The van der Waals surface area contributed by atoms with Crippen LogP contribution >= 0.6 is 11.6 Å². The molecule has 26 heavy (non-hydrogen) atoms. The average Bonchev–Trinajstić information content (AvgIpc) is 2.88. The quantitative estimate of drug-likeness (QED) is 0.638. The maximum Gasteiger partial charge on any atom is 0.363 e. The van der Waals surface area contributed by atoms with Crippen LogP contribution in [0.1, 0.15) is 36.3 Å². The van der Waals surface area contributed by atoms with Gasteiger partial charge in [0.2, 0.25) is 0 Å². The molecule has 9 heteroatoms. The summed E-state index contributed by atoms with van der Waals surface area (Å²) in [6, 6.07) is 4.34. The number of aryl methyl sites for hydroxylation is 1. The predicted octanol–water partition coefficient (Wildman–Crippen LogP) is 3.10. The van der Waals surface area contributed by atoms with Gasteiger partial charge < -0.3 is 9.84 Å². The van der Waals surface area contributed by atoms with Gasteiger partial charge in [0.1, 0.15) is 5.02 Å². The van der Waals surface area contributed by atoms with E-state index in [2.05, 4.69) is 5.32 Å². The van der Waals surface area contributed by atoms with Crippen LogP contribution in [-0.4, -0.2) is 15.4 Å². The number of rotatable bonds is 2. The fourth-order valence-electron chi connectivity index (χ4n) is 3.68. The second-order valence-corrected chi connectivity index (χ2v) is 6.74. The molecule has 0 bridgehead atoms. The number of ketones is 1. The van der Waals surface area contributed by atoms with E-state index in [1.165, 1.54) is 16.9 Å². The van der Waals surface area contributed by atoms with Crippen molar-refractivity contribution in [2.24, 2.45) is 7.05 Å². The zero-order chi connectivity index (χ0) is 18.6. The van der Waals surface area contributed by atoms with Crippen molar-refractivity contribution in [3.05, 3.63) is 66.2 Å². The number of aromatic nitrogens is 1. The summed E-state index contributed by atoms with van der Waals surface area (Å²) in [7, 11) is 1.59. The topological polar surface area (TPSA) is 107 Å². The lowest BCUT2D eigenvalue weighted by atomic mass is 9.77. The first-order chi connectivity index (χ1) is 12.4. The number of benzene rings is 1. The van der Waals surface area contributed by atoms with E-state index in [0.29, 0.717) is 36.2 Å². The standard InChI is InChI=1S/C17H14ClN3O5/c1-20-16-15(17(23)26-20)13(14-10(19-16)3-2-4-12(14)22)8-5-6-9(18)11(7-8)21(24)25/h5-7,13,19H,2-4H2,1H3. The van der Waals surface area contributed by atoms with Gasteiger partial charge in [-0.25, -0.2) is 4.79 Å². The summed E-state index contributed by atoms with van der Waals surface area (Å²) < 4.78 is 6.48. The van der Waals surface area contributed by atoms with Crippen molar-refractivity contribution < 1.29 is 14.2 Å². The van der Waals surface area contributed by atoms with Gasteiger partial charge >= 0.3 is 5.63 Å². The summed E-state index contributed by atoms with van der Waals surface area (Å²) in [5, 5.41) is 14.4. The molecule has 0 fully saturated rings. The van der Waals surface area contributed by atoms with Crippen LogP contribution in [0.15, 0.2) is 38.8 Å². The van der Waals surface area contributed by atoms with E-state index in [4.69, 9.17) is 16.1 Å². The number of nitrogens with one attached hydrogen (secondary N) is 1. The molecule has 2 aliphatic rings. The normalized spacial score (nSPS) is 19.0. The lowest BCUT2D eigenvalue weighted by molar-refractivity contribution is -0.384. The van der Waals surface area contributed by atoms with Crippen LogP contribution in [0.3, 0.4) is 0 Å². The van der Waals surface area contributed by atoms with Crippen LogP contribution in [0.5, 0.6) is 0 Å². The Balaban J connectivity index is 2.00. The fourth-order valence-corrected chi connectivity index (χ4v) is 3.87. The summed E-state index contributed by atoms with van der Waals surface area (Å²) in [5.41, 5.74) is 1.09. The highest BCUT2D eigenvalue weighted by atomic mass is 35.5. The number of carbonyl (C=O) groups excluding carboxylic acids is 1. The van der Waals surface area contributed by atoms with E-state index in [1.54, 1.807) is 13.1 Å². The van der Waals surface area contributed by atoms with Gasteiger partial charge in [0, 0.05) is 30.8 Å². The number of fused-ring (bicyclic) bond motifs is 1. The monoisotopic (exact) mass is 375 g/mol. The minimum absolute atomic E-state index is 0.00261. The highest BCUT2D eigenvalue weighted by Crippen LogP contribution is 2.45. The lowest BCUT2D eigenvalue weighted by Crippen LogP contribution is -2.29. The molecule has 2 heterocycles. The van der Waals surface area contributed by atoms with Crippen molar-refractivity contribution >= 4 is 28.9 Å². The number of nitro groups is 1. The molecule has 1 aliphatic carbocycles. The van der Waals surface area contributed by atoms with Gasteiger partial charge in [0.15, 0.2) is 11.6 Å². The predicted molar refractivity (Wildman–Crippen MR) is 93.4 cm³/mol. The van der Waals surface area contributed by atoms with Crippen molar-refractivity contribution in [3.63, 3.8) is 0 Å². The molecule has 1 aromatic carbocycles. The van der Waals surface area contributed by atoms with Gasteiger partial charge in [-0.05, 0) is 24.5 Å². The molecule has 0 spiro atoms. The number of hydrogen-bond donors (Lipinski definition) is 1. The van der Waals surface area contributed by atoms with Crippen LogP contribution in [0.4, 0.5) is 11.5 Å². The average molecular weight is 376 g/mol. The molecule has 1 aliphatic heterocycles. The Labute approximate surface area is 152 Å². The van der Waals surface area contributed by atoms with E-state index < -0.39 is 16.5 Å². The van der Waals surface area contributed by atoms with Gasteiger partial charge in [-0.1, -0.05) is 17.7 Å².